The van der Waals surface area contributed by atoms with Crippen molar-refractivity contribution in [3.63, 3.8) is 0 Å². The molecule has 1 saturated heterocycles. The van der Waals surface area contributed by atoms with Crippen molar-refractivity contribution in [3.05, 3.63) is 69.6 Å². The fourth-order valence-corrected chi connectivity index (χ4v) is 4.75. The van der Waals surface area contributed by atoms with Crippen LogP contribution < -0.4 is 4.90 Å². The molecule has 1 amide bonds. The van der Waals surface area contributed by atoms with E-state index in [0.29, 0.717) is 38.8 Å². The van der Waals surface area contributed by atoms with E-state index in [-0.39, 0.29) is 6.04 Å². The van der Waals surface area contributed by atoms with Gasteiger partial charge in [-0.3, -0.25) is 0 Å². The zero-order chi connectivity index (χ0) is 23.8. The molecule has 4 rings (SSSR count). The monoisotopic (exact) mass is 523 g/mol. The first-order valence-electron chi connectivity index (χ1n) is 10.4. The fourth-order valence-electron chi connectivity index (χ4n) is 4.05. The fraction of sp³-hybridized carbons (Fsp3) is 0.364. The molecule has 2 radical (unpaired) electrons. The number of rotatable bonds is 4. The topological polar surface area (TPSA) is 55.5 Å². The molecule has 1 N–H and O–H groups in total. The third-order valence-corrected chi connectivity index (χ3v) is 6.50. The van der Waals surface area contributed by atoms with Crippen LogP contribution in [0.3, 0.4) is 0 Å². The first kappa shape index (κ1) is 23.6. The van der Waals surface area contributed by atoms with Gasteiger partial charge >= 0.3 is 178 Å². The molecule has 1 aromatic heterocycles. The predicted octanol–water partition coefficient (Wildman–Crippen LogP) is 3.09. The summed E-state index contributed by atoms with van der Waals surface area (Å²) in [4.78, 5) is 18.4. The summed E-state index contributed by atoms with van der Waals surface area (Å²) >= 11 is 2.54. The van der Waals surface area contributed by atoms with Crippen LogP contribution in [0.2, 0.25) is 0 Å². The minimum atomic E-state index is -4.85. The summed E-state index contributed by atoms with van der Waals surface area (Å²) in [7, 11) is 0. The Labute approximate surface area is 197 Å². The van der Waals surface area contributed by atoms with Crippen molar-refractivity contribution >= 4 is 28.6 Å². The van der Waals surface area contributed by atoms with E-state index < -0.39 is 29.0 Å². The van der Waals surface area contributed by atoms with E-state index in [4.69, 9.17) is 0 Å². The Hall–Kier alpha value is -2.58. The maximum absolute atomic E-state index is 14.4. The summed E-state index contributed by atoms with van der Waals surface area (Å²) in [6.45, 7) is 4.28. The zero-order valence-electron chi connectivity index (χ0n) is 17.8. The van der Waals surface area contributed by atoms with Gasteiger partial charge in [0.05, 0.1) is 0 Å². The summed E-state index contributed by atoms with van der Waals surface area (Å²) in [6, 6.07) is 4.80. The van der Waals surface area contributed by atoms with Crippen LogP contribution in [-0.2, 0) is 6.18 Å². The van der Waals surface area contributed by atoms with Gasteiger partial charge in [-0.2, -0.15) is 13.2 Å². The third kappa shape index (κ3) is 5.01. The number of hydrogen-bond acceptors (Lipinski definition) is 4. The molecule has 1 unspecified atom stereocenters. The number of anilines is 1. The van der Waals surface area contributed by atoms with Crippen LogP contribution in [0.15, 0.2) is 47.0 Å². The summed E-state index contributed by atoms with van der Waals surface area (Å²) in [5, 5.41) is 7.32. The molecule has 2 aliphatic rings. The number of alkyl halides is 3. The summed E-state index contributed by atoms with van der Waals surface area (Å²) in [6.07, 6.45) is 1.21. The van der Waals surface area contributed by atoms with Crippen LogP contribution in [0.4, 0.5) is 23.4 Å². The van der Waals surface area contributed by atoms with Crippen LogP contribution in [0.25, 0.3) is 0 Å². The minimum absolute atomic E-state index is 0.0268. The number of hydrogen-bond donors (Lipinski definition) is 1. The van der Waals surface area contributed by atoms with Gasteiger partial charge in [-0.05, 0) is 6.07 Å². The van der Waals surface area contributed by atoms with Gasteiger partial charge in [-0.25, -0.2) is 0 Å². The van der Waals surface area contributed by atoms with Crippen molar-refractivity contribution in [3.8, 4) is 0 Å². The molecule has 0 spiro atoms. The van der Waals surface area contributed by atoms with E-state index >= 15 is 0 Å². The molecule has 1 fully saturated rings. The van der Waals surface area contributed by atoms with Crippen molar-refractivity contribution in [2.24, 2.45) is 0 Å². The molecule has 1 atom stereocenters. The number of aryl methyl sites for hydroxylation is 1. The summed E-state index contributed by atoms with van der Waals surface area (Å²) in [5.41, 5.74) is -1.02. The van der Waals surface area contributed by atoms with Gasteiger partial charge in [-0.1, -0.05) is 0 Å². The second kappa shape index (κ2) is 9.35. The number of allylic oxidation sites excluding steroid dienone is 2. The van der Waals surface area contributed by atoms with Gasteiger partial charge in [0.2, 0.25) is 0 Å². The van der Waals surface area contributed by atoms with E-state index in [0.717, 1.165) is 28.1 Å². The number of amides is 1. The van der Waals surface area contributed by atoms with E-state index in [1.807, 2.05) is 25.1 Å². The Kier molecular flexibility index (Phi) is 6.68. The second-order valence-corrected chi connectivity index (χ2v) is 8.98. The van der Waals surface area contributed by atoms with Gasteiger partial charge in [0, 0.05) is 0 Å². The summed E-state index contributed by atoms with van der Waals surface area (Å²) < 4.78 is 54.4. The Bertz CT molecular complexity index is 1090. The number of H-pyrrole nitrogens is 1. The zero-order valence-corrected chi connectivity index (χ0v) is 19.7. The van der Waals surface area contributed by atoms with E-state index in [2.05, 4.69) is 42.9 Å². The molecule has 0 bridgehead atoms. The number of carbonyl (C=O) groups excluding carboxylic acids is 1. The van der Waals surface area contributed by atoms with Gasteiger partial charge in [-0.15, -0.1) is 0 Å². The number of carbonyl (C=O) groups is 1. The molecule has 0 aliphatic carbocycles. The molecule has 2 aromatic rings. The molecule has 2 aliphatic heterocycles. The number of halogens is 4. The second-order valence-electron chi connectivity index (χ2n) is 8.01. The average Bonchev–Trinajstić information content (AvgIpc) is 3.19. The predicted molar refractivity (Wildman–Crippen MR) is 116 cm³/mol. The van der Waals surface area contributed by atoms with E-state index in [1.165, 1.54) is 4.90 Å². The molecule has 1 aromatic carbocycles. The summed E-state index contributed by atoms with van der Waals surface area (Å²) in [5.74, 6) is -1.43. The van der Waals surface area contributed by atoms with Crippen molar-refractivity contribution in [2.75, 3.05) is 37.6 Å². The van der Waals surface area contributed by atoms with Gasteiger partial charge in [0.1, 0.15) is 0 Å². The van der Waals surface area contributed by atoms with Crippen molar-refractivity contribution in [1.82, 2.24) is 20.0 Å². The van der Waals surface area contributed by atoms with Gasteiger partial charge in [0.15, 0.2) is 0 Å². The van der Waals surface area contributed by atoms with Crippen molar-refractivity contribution in [2.45, 2.75) is 19.1 Å². The van der Waals surface area contributed by atoms with Gasteiger partial charge < -0.3 is 0 Å². The van der Waals surface area contributed by atoms with E-state index in [1.54, 1.807) is 0 Å². The Morgan fingerprint density at radius 1 is 1.24 bits per heavy atom. The average molecular weight is 523 g/mol. The maximum atomic E-state index is 14.4. The van der Waals surface area contributed by atoms with Crippen LogP contribution in [0.5, 0.6) is 0 Å². The Morgan fingerprint density at radius 3 is 2.61 bits per heavy atom. The standard InChI is InChI=1S/C22H22AsF4N5O/c1-14-12-19(29-28-14)32-15(4-2-7-18(32)23)13-30-8-10-31(11-9-30)21(33)16-5-3-6-17(20(16)24)22(25,26)27/h2-7,12,15H,8-11,13H2,1H3,(H,28,29). The number of aromatic nitrogens is 2. The molecule has 11 heteroatoms. The van der Waals surface area contributed by atoms with E-state index in [9.17, 15) is 22.4 Å². The van der Waals surface area contributed by atoms with Crippen molar-refractivity contribution in [1.29, 1.82) is 0 Å². The molecule has 33 heavy (non-hydrogen) atoms. The molecular weight excluding hydrogens is 501 g/mol. The molecule has 3 heterocycles. The van der Waals surface area contributed by atoms with Crippen LogP contribution in [-0.4, -0.2) is 81.5 Å². The van der Waals surface area contributed by atoms with Crippen molar-refractivity contribution < 1.29 is 22.4 Å². The molecule has 0 saturated carbocycles. The number of benzene rings is 1. The van der Waals surface area contributed by atoms with Crippen LogP contribution in [0.1, 0.15) is 21.6 Å². The molecule has 174 valence electrons. The SMILES string of the molecule is Cc1cc(N2C([As])=CC=CC2CN2CCN(C(=O)c3cccc(C(F)(F)F)c3F)CC2)n[nH]1. The van der Waals surface area contributed by atoms with Gasteiger partial charge in [0.25, 0.3) is 0 Å². The van der Waals surface area contributed by atoms with Crippen LogP contribution >= 0.6 is 0 Å². The number of nitrogens with one attached hydrogen (secondary N) is 1. The number of nitrogens with zero attached hydrogens (tertiary/aromatic N) is 4. The first-order valence-corrected chi connectivity index (χ1v) is 11.3. The Balaban J connectivity index is 1.41. The number of aromatic amines is 1. The van der Waals surface area contributed by atoms with Crippen LogP contribution in [0, 0.1) is 12.7 Å². The third-order valence-electron chi connectivity index (χ3n) is 5.74. The molecule has 6 nitrogen and oxygen atoms in total. The Morgan fingerprint density at radius 2 is 1.97 bits per heavy atom. The molecular formula is C22H22AsF4N5O. The quantitative estimate of drug-likeness (QED) is 0.495. The normalized spacial score (nSPS) is 19.7. The first-order chi connectivity index (χ1) is 15.6. The number of piperazine rings is 1.